The maximum Gasteiger partial charge on any atom is 0.418 e. The monoisotopic (exact) mass is 367 g/mol. The van der Waals surface area contributed by atoms with Crippen LogP contribution in [0.3, 0.4) is 0 Å². The minimum absolute atomic E-state index is 0.119. The molecule has 0 spiro atoms. The molecule has 2 aromatic rings. The van der Waals surface area contributed by atoms with E-state index in [1.54, 1.807) is 0 Å². The van der Waals surface area contributed by atoms with Crippen LogP contribution in [0, 0.1) is 0 Å². The van der Waals surface area contributed by atoms with E-state index in [4.69, 9.17) is 0 Å². The molecule has 1 atom stereocenters. The van der Waals surface area contributed by atoms with Gasteiger partial charge in [0.2, 0.25) is 17.8 Å². The first-order valence-corrected chi connectivity index (χ1v) is 8.02. The molecule has 2 N–H and O–H groups in total. The highest BCUT2D eigenvalue weighted by Crippen LogP contribution is 2.35. The first-order chi connectivity index (χ1) is 12.3. The molecule has 2 amide bonds. The average Bonchev–Trinajstić information content (AvgIpc) is 2.96. The zero-order chi connectivity index (χ0) is 18.9. The molecule has 1 aromatic carbocycles. The van der Waals surface area contributed by atoms with Crippen molar-refractivity contribution in [3.63, 3.8) is 0 Å². The lowest BCUT2D eigenvalue weighted by Crippen LogP contribution is -2.36. The number of fused-ring (bicyclic) bond motifs is 1. The normalized spacial score (nSPS) is 16.8. The maximum atomic E-state index is 13.1. The first kappa shape index (κ1) is 17.9. The zero-order valence-electron chi connectivity index (χ0n) is 13.8. The largest absolute Gasteiger partial charge is 0.418 e. The SMILES string of the molecule is CCCc1nc2n(n1)[C@@H](C(=O)Nc1ccccc1C(F)(F)F)CC(=O)N2. The molecular weight excluding hydrogens is 351 g/mol. The van der Waals surface area contributed by atoms with Gasteiger partial charge in [-0.2, -0.15) is 23.3 Å². The number of aryl methyl sites for hydroxylation is 1. The van der Waals surface area contributed by atoms with Crippen molar-refractivity contribution in [1.29, 1.82) is 0 Å². The Labute approximate surface area is 146 Å². The first-order valence-electron chi connectivity index (χ1n) is 8.02. The summed E-state index contributed by atoms with van der Waals surface area (Å²) in [4.78, 5) is 28.6. The Hall–Kier alpha value is -2.91. The van der Waals surface area contributed by atoms with Crippen LogP contribution in [0.4, 0.5) is 24.8 Å². The number of para-hydroxylation sites is 1. The van der Waals surface area contributed by atoms with Crippen molar-refractivity contribution in [1.82, 2.24) is 14.8 Å². The highest BCUT2D eigenvalue weighted by atomic mass is 19.4. The topological polar surface area (TPSA) is 88.9 Å². The van der Waals surface area contributed by atoms with Crippen LogP contribution in [0.2, 0.25) is 0 Å². The number of anilines is 2. The predicted octanol–water partition coefficient (Wildman–Crippen LogP) is 2.77. The Morgan fingerprint density at radius 2 is 2.12 bits per heavy atom. The van der Waals surface area contributed by atoms with Crippen molar-refractivity contribution in [2.75, 3.05) is 10.6 Å². The number of nitrogens with zero attached hydrogens (tertiary/aromatic N) is 3. The van der Waals surface area contributed by atoms with E-state index >= 15 is 0 Å². The van der Waals surface area contributed by atoms with E-state index in [2.05, 4.69) is 20.7 Å². The van der Waals surface area contributed by atoms with Crippen LogP contribution in [-0.4, -0.2) is 26.6 Å². The van der Waals surface area contributed by atoms with Crippen molar-refractivity contribution >= 4 is 23.5 Å². The molecule has 0 unspecified atom stereocenters. The summed E-state index contributed by atoms with van der Waals surface area (Å²) in [7, 11) is 0. The highest BCUT2D eigenvalue weighted by molar-refractivity contribution is 6.01. The summed E-state index contributed by atoms with van der Waals surface area (Å²) in [5, 5.41) is 8.97. The number of hydrogen-bond donors (Lipinski definition) is 2. The summed E-state index contributed by atoms with van der Waals surface area (Å²) >= 11 is 0. The predicted molar refractivity (Wildman–Crippen MR) is 86.4 cm³/mol. The van der Waals surface area contributed by atoms with Gasteiger partial charge in [0.15, 0.2) is 5.82 Å². The molecule has 26 heavy (non-hydrogen) atoms. The van der Waals surface area contributed by atoms with Crippen LogP contribution in [-0.2, 0) is 22.2 Å². The Bertz CT molecular complexity index is 847. The smallest absolute Gasteiger partial charge is 0.324 e. The Morgan fingerprint density at radius 3 is 2.81 bits per heavy atom. The maximum absolute atomic E-state index is 13.1. The number of carbonyl (C=O) groups excluding carboxylic acids is 2. The molecule has 0 bridgehead atoms. The van der Waals surface area contributed by atoms with Crippen LogP contribution in [0.25, 0.3) is 0 Å². The number of nitrogens with one attached hydrogen (secondary N) is 2. The van der Waals surface area contributed by atoms with Gasteiger partial charge in [-0.1, -0.05) is 19.1 Å². The Balaban J connectivity index is 1.89. The number of benzene rings is 1. The van der Waals surface area contributed by atoms with Gasteiger partial charge in [0.05, 0.1) is 17.7 Å². The van der Waals surface area contributed by atoms with Gasteiger partial charge in [-0.3, -0.25) is 14.9 Å². The highest BCUT2D eigenvalue weighted by Gasteiger charge is 2.36. The van der Waals surface area contributed by atoms with Crippen LogP contribution >= 0.6 is 0 Å². The van der Waals surface area contributed by atoms with Crippen LogP contribution < -0.4 is 10.6 Å². The number of hydrogen-bond acceptors (Lipinski definition) is 4. The molecule has 0 fully saturated rings. The minimum Gasteiger partial charge on any atom is -0.324 e. The van der Waals surface area contributed by atoms with Crippen LogP contribution in [0.5, 0.6) is 0 Å². The zero-order valence-corrected chi connectivity index (χ0v) is 13.8. The Kier molecular flexibility index (Phi) is 4.66. The van der Waals surface area contributed by atoms with Crippen LogP contribution in [0.15, 0.2) is 24.3 Å². The summed E-state index contributed by atoms with van der Waals surface area (Å²) in [6, 6.07) is 3.59. The summed E-state index contributed by atoms with van der Waals surface area (Å²) in [5.74, 6) is -0.630. The molecule has 2 heterocycles. The number of amides is 2. The van der Waals surface area contributed by atoms with E-state index in [0.29, 0.717) is 12.2 Å². The van der Waals surface area contributed by atoms with E-state index in [9.17, 15) is 22.8 Å². The molecule has 10 heteroatoms. The van der Waals surface area contributed by atoms with Crippen LogP contribution in [0.1, 0.15) is 37.2 Å². The standard InChI is InChI=1S/C16H16F3N5O2/c1-2-5-12-21-15-22-13(25)8-11(24(15)23-12)14(26)20-10-7-4-3-6-9(10)16(17,18)19/h3-4,6-7,11H,2,5,8H2,1H3,(H,20,26)(H,21,22,23,25)/t11-/m1/s1. The number of halogens is 3. The Morgan fingerprint density at radius 1 is 1.38 bits per heavy atom. The molecular formula is C16H16F3N5O2. The third-order valence-electron chi connectivity index (χ3n) is 3.87. The lowest BCUT2D eigenvalue weighted by atomic mass is 10.1. The van der Waals surface area contributed by atoms with Crippen molar-refractivity contribution in [3.05, 3.63) is 35.7 Å². The molecule has 1 aliphatic rings. The molecule has 0 saturated carbocycles. The van der Waals surface area contributed by atoms with Gasteiger partial charge in [0, 0.05) is 6.42 Å². The number of rotatable bonds is 4. The molecule has 1 aliphatic heterocycles. The lowest BCUT2D eigenvalue weighted by molar-refractivity contribution is -0.137. The van der Waals surface area contributed by atoms with Gasteiger partial charge < -0.3 is 5.32 Å². The second kappa shape index (κ2) is 6.77. The fourth-order valence-electron chi connectivity index (χ4n) is 2.70. The molecule has 0 saturated heterocycles. The molecule has 0 aliphatic carbocycles. The van der Waals surface area contributed by atoms with Gasteiger partial charge >= 0.3 is 6.18 Å². The van der Waals surface area contributed by atoms with Crippen molar-refractivity contribution in [2.24, 2.45) is 0 Å². The van der Waals surface area contributed by atoms with Crippen molar-refractivity contribution in [3.8, 4) is 0 Å². The van der Waals surface area contributed by atoms with E-state index in [0.717, 1.165) is 18.6 Å². The second-order valence-electron chi connectivity index (χ2n) is 5.85. The van der Waals surface area contributed by atoms with E-state index in [1.165, 1.54) is 16.8 Å². The quantitative estimate of drug-likeness (QED) is 0.870. The second-order valence-corrected chi connectivity index (χ2v) is 5.85. The van der Waals surface area contributed by atoms with Gasteiger partial charge in [-0.15, -0.1) is 0 Å². The summed E-state index contributed by atoms with van der Waals surface area (Å²) < 4.78 is 40.5. The molecule has 3 rings (SSSR count). The number of carbonyl (C=O) groups is 2. The van der Waals surface area contributed by atoms with Gasteiger partial charge in [-0.05, 0) is 18.6 Å². The van der Waals surface area contributed by atoms with Gasteiger partial charge in [0.25, 0.3) is 0 Å². The molecule has 138 valence electrons. The molecule has 1 aromatic heterocycles. The van der Waals surface area contributed by atoms with E-state index in [-0.39, 0.29) is 18.1 Å². The molecule has 0 radical (unpaired) electrons. The van der Waals surface area contributed by atoms with Gasteiger partial charge in [-0.25, -0.2) is 4.68 Å². The summed E-state index contributed by atoms with van der Waals surface area (Å²) in [6.07, 6.45) is -3.52. The van der Waals surface area contributed by atoms with Crippen molar-refractivity contribution < 1.29 is 22.8 Å². The molecule has 7 nitrogen and oxygen atoms in total. The number of alkyl halides is 3. The third kappa shape index (κ3) is 3.53. The van der Waals surface area contributed by atoms with E-state index < -0.39 is 29.6 Å². The third-order valence-corrected chi connectivity index (χ3v) is 3.87. The number of aromatic nitrogens is 3. The van der Waals surface area contributed by atoms with Gasteiger partial charge in [0.1, 0.15) is 6.04 Å². The van der Waals surface area contributed by atoms with Crippen molar-refractivity contribution in [2.45, 2.75) is 38.4 Å². The summed E-state index contributed by atoms with van der Waals surface area (Å²) in [6.45, 7) is 1.93. The van der Waals surface area contributed by atoms with E-state index in [1.807, 2.05) is 6.92 Å². The average molecular weight is 367 g/mol. The summed E-state index contributed by atoms with van der Waals surface area (Å²) in [5.41, 5.74) is -1.33. The lowest BCUT2D eigenvalue weighted by Gasteiger charge is -2.23. The fraction of sp³-hybridized carbons (Fsp3) is 0.375. The fourth-order valence-corrected chi connectivity index (χ4v) is 2.70. The minimum atomic E-state index is -4.61.